The van der Waals surface area contributed by atoms with Gasteiger partial charge in [-0.3, -0.25) is 4.79 Å². The molecule has 1 rings (SSSR count). The third kappa shape index (κ3) is 0.646. The minimum absolute atomic E-state index is 0.312. The average Bonchev–Trinajstić information content (AvgIpc) is 2.21. The molecule has 0 atom stereocenters. The topological polar surface area (TPSA) is 17.1 Å². The standard InChI is InChI=1S/C5H7FO/c1-4(7)5(6)2-3-5/h2-3H2,1H3. The number of halogens is 1. The number of Topliss-reactive ketones (excluding diaryl/α,β-unsaturated/α-hetero) is 1. The van der Waals surface area contributed by atoms with Crippen LogP contribution in [0.25, 0.3) is 0 Å². The van der Waals surface area contributed by atoms with Crippen LogP contribution in [0.2, 0.25) is 0 Å². The van der Waals surface area contributed by atoms with E-state index in [4.69, 9.17) is 0 Å². The highest BCUT2D eigenvalue weighted by Crippen LogP contribution is 2.40. The molecule has 0 bridgehead atoms. The normalized spacial score (nSPS) is 24.3. The molecule has 0 spiro atoms. The van der Waals surface area contributed by atoms with E-state index in [-0.39, 0.29) is 5.78 Å². The quantitative estimate of drug-likeness (QED) is 0.484. The Kier molecular flexibility index (Phi) is 0.716. The Morgan fingerprint density at radius 1 is 1.71 bits per heavy atom. The van der Waals surface area contributed by atoms with Crippen LogP contribution in [0, 0.1) is 0 Å². The van der Waals surface area contributed by atoms with E-state index in [1.165, 1.54) is 6.92 Å². The highest BCUT2D eigenvalue weighted by atomic mass is 19.1. The van der Waals surface area contributed by atoms with E-state index in [1.807, 2.05) is 0 Å². The van der Waals surface area contributed by atoms with Crippen LogP contribution in [-0.4, -0.2) is 11.5 Å². The first-order valence-corrected chi connectivity index (χ1v) is 2.35. The molecule has 1 aliphatic rings. The highest BCUT2D eigenvalue weighted by Gasteiger charge is 2.47. The van der Waals surface area contributed by atoms with Crippen molar-refractivity contribution in [3.8, 4) is 0 Å². The average molecular weight is 102 g/mol. The second kappa shape index (κ2) is 1.05. The summed E-state index contributed by atoms with van der Waals surface area (Å²) in [7, 11) is 0. The van der Waals surface area contributed by atoms with Crippen molar-refractivity contribution in [2.75, 3.05) is 0 Å². The van der Waals surface area contributed by atoms with Crippen molar-refractivity contribution in [1.82, 2.24) is 0 Å². The van der Waals surface area contributed by atoms with Gasteiger partial charge in [0.1, 0.15) is 0 Å². The molecule has 0 aromatic carbocycles. The second-order valence-electron chi connectivity index (χ2n) is 2.02. The number of carbonyl (C=O) groups is 1. The monoisotopic (exact) mass is 102 g/mol. The molecule has 7 heavy (non-hydrogen) atoms. The van der Waals surface area contributed by atoms with Gasteiger partial charge in [-0.25, -0.2) is 4.39 Å². The summed E-state index contributed by atoms with van der Waals surface area (Å²) in [4.78, 5) is 10.2. The van der Waals surface area contributed by atoms with E-state index in [9.17, 15) is 9.18 Å². The zero-order valence-corrected chi connectivity index (χ0v) is 4.20. The Hall–Kier alpha value is -0.400. The van der Waals surface area contributed by atoms with Crippen LogP contribution < -0.4 is 0 Å². The van der Waals surface area contributed by atoms with E-state index in [0.717, 1.165) is 0 Å². The number of alkyl halides is 1. The molecule has 0 aliphatic heterocycles. The van der Waals surface area contributed by atoms with Crippen molar-refractivity contribution < 1.29 is 9.18 Å². The predicted molar refractivity (Wildman–Crippen MR) is 23.8 cm³/mol. The van der Waals surface area contributed by atoms with Crippen molar-refractivity contribution in [3.63, 3.8) is 0 Å². The zero-order chi connectivity index (χ0) is 5.49. The van der Waals surface area contributed by atoms with Gasteiger partial charge in [-0.1, -0.05) is 0 Å². The second-order valence-corrected chi connectivity index (χ2v) is 2.02. The molecule has 0 N–H and O–H groups in total. The van der Waals surface area contributed by atoms with Gasteiger partial charge in [0.2, 0.25) is 0 Å². The van der Waals surface area contributed by atoms with Crippen LogP contribution in [0.15, 0.2) is 0 Å². The van der Waals surface area contributed by atoms with Crippen LogP contribution in [0.1, 0.15) is 19.8 Å². The Balaban J connectivity index is 2.55. The summed E-state index contributed by atoms with van der Waals surface area (Å²) in [6.45, 7) is 1.30. The molecule has 1 aliphatic carbocycles. The lowest BCUT2D eigenvalue weighted by molar-refractivity contribution is -0.123. The van der Waals surface area contributed by atoms with Crippen molar-refractivity contribution in [3.05, 3.63) is 0 Å². The molecule has 0 saturated heterocycles. The predicted octanol–water partition coefficient (Wildman–Crippen LogP) is 1.08. The van der Waals surface area contributed by atoms with E-state index in [1.54, 1.807) is 0 Å². The molecule has 0 aromatic heterocycles. The Morgan fingerprint density at radius 3 is 2.14 bits per heavy atom. The zero-order valence-electron chi connectivity index (χ0n) is 4.20. The molecular weight excluding hydrogens is 95.1 g/mol. The van der Waals surface area contributed by atoms with E-state index in [2.05, 4.69) is 0 Å². The van der Waals surface area contributed by atoms with Gasteiger partial charge >= 0.3 is 0 Å². The fourth-order valence-corrected chi connectivity index (χ4v) is 0.462. The number of hydrogen-bond acceptors (Lipinski definition) is 1. The Labute approximate surface area is 41.5 Å². The summed E-state index contributed by atoms with van der Waals surface area (Å²) in [6, 6.07) is 0. The molecule has 1 fully saturated rings. The molecule has 0 unspecified atom stereocenters. The lowest BCUT2D eigenvalue weighted by Gasteiger charge is -1.91. The third-order valence-corrected chi connectivity index (χ3v) is 1.32. The largest absolute Gasteiger partial charge is 0.296 e. The summed E-state index contributed by atoms with van der Waals surface area (Å²) in [5.74, 6) is -0.312. The van der Waals surface area contributed by atoms with Crippen molar-refractivity contribution in [2.45, 2.75) is 25.4 Å². The van der Waals surface area contributed by atoms with Gasteiger partial charge in [0.05, 0.1) is 0 Å². The molecule has 0 heterocycles. The number of ketones is 1. The van der Waals surface area contributed by atoms with E-state index < -0.39 is 5.67 Å². The van der Waals surface area contributed by atoms with E-state index >= 15 is 0 Å². The first-order valence-electron chi connectivity index (χ1n) is 2.35. The van der Waals surface area contributed by atoms with Crippen LogP contribution >= 0.6 is 0 Å². The summed E-state index contributed by atoms with van der Waals surface area (Å²) in [6.07, 6.45) is 0.894. The van der Waals surface area contributed by atoms with Gasteiger partial charge in [-0.2, -0.15) is 0 Å². The van der Waals surface area contributed by atoms with Gasteiger partial charge in [0, 0.05) is 0 Å². The molecule has 1 nitrogen and oxygen atoms in total. The van der Waals surface area contributed by atoms with Gasteiger partial charge < -0.3 is 0 Å². The lowest BCUT2D eigenvalue weighted by atomic mass is 10.3. The molecule has 1 saturated carbocycles. The van der Waals surface area contributed by atoms with Crippen molar-refractivity contribution in [2.24, 2.45) is 0 Å². The maximum Gasteiger partial charge on any atom is 0.168 e. The number of hydrogen-bond donors (Lipinski definition) is 0. The van der Waals surface area contributed by atoms with Gasteiger partial charge in [-0.15, -0.1) is 0 Å². The first-order chi connectivity index (χ1) is 3.15. The molecule has 40 valence electrons. The molecule has 0 amide bonds. The molecule has 0 aromatic rings. The molecule has 0 radical (unpaired) electrons. The van der Waals surface area contributed by atoms with Gasteiger partial charge in [0.15, 0.2) is 11.5 Å². The summed E-state index contributed by atoms with van der Waals surface area (Å²) >= 11 is 0. The van der Waals surface area contributed by atoms with Crippen LogP contribution in [-0.2, 0) is 4.79 Å². The molecular formula is C5H7FO. The summed E-state index contributed by atoms with van der Waals surface area (Å²) in [5, 5.41) is 0. The Bertz CT molecular complexity index is 105. The third-order valence-electron chi connectivity index (χ3n) is 1.32. The smallest absolute Gasteiger partial charge is 0.168 e. The van der Waals surface area contributed by atoms with Crippen molar-refractivity contribution >= 4 is 5.78 Å². The minimum Gasteiger partial charge on any atom is -0.296 e. The van der Waals surface area contributed by atoms with Gasteiger partial charge in [-0.05, 0) is 19.8 Å². The summed E-state index contributed by atoms with van der Waals surface area (Å²) < 4.78 is 12.3. The van der Waals surface area contributed by atoms with Crippen LogP contribution in [0.4, 0.5) is 4.39 Å². The first kappa shape index (κ1) is 4.75. The fourth-order valence-electron chi connectivity index (χ4n) is 0.462. The summed E-state index contributed by atoms with van der Waals surface area (Å²) in [5.41, 5.74) is -1.39. The SMILES string of the molecule is CC(=O)C1(F)CC1. The molecule has 2 heteroatoms. The maximum atomic E-state index is 12.3. The lowest BCUT2D eigenvalue weighted by Crippen LogP contribution is -2.10. The minimum atomic E-state index is -1.39. The Morgan fingerprint density at radius 2 is 2.14 bits per heavy atom. The number of rotatable bonds is 1. The fraction of sp³-hybridized carbons (Fsp3) is 0.800. The number of carbonyl (C=O) groups excluding carboxylic acids is 1. The van der Waals surface area contributed by atoms with E-state index in [0.29, 0.717) is 12.8 Å². The van der Waals surface area contributed by atoms with Crippen LogP contribution in [0.5, 0.6) is 0 Å². The maximum absolute atomic E-state index is 12.3. The highest BCUT2D eigenvalue weighted by molar-refractivity contribution is 5.87. The van der Waals surface area contributed by atoms with Crippen molar-refractivity contribution in [1.29, 1.82) is 0 Å². The van der Waals surface area contributed by atoms with Crippen LogP contribution in [0.3, 0.4) is 0 Å². The van der Waals surface area contributed by atoms with Gasteiger partial charge in [0.25, 0.3) is 0 Å².